The van der Waals surface area contributed by atoms with Gasteiger partial charge in [0.1, 0.15) is 0 Å². The fourth-order valence-corrected chi connectivity index (χ4v) is 3.14. The monoisotopic (exact) mass is 329 g/mol. The van der Waals surface area contributed by atoms with Crippen molar-refractivity contribution in [1.82, 2.24) is 15.1 Å². The lowest BCUT2D eigenvalue weighted by Gasteiger charge is -2.37. The van der Waals surface area contributed by atoms with Gasteiger partial charge in [0.05, 0.1) is 0 Å². The molecule has 0 saturated carbocycles. The first-order valence-corrected chi connectivity index (χ1v) is 7.61. The summed E-state index contributed by atoms with van der Waals surface area (Å²) in [5.41, 5.74) is 0.727. The third-order valence-corrected chi connectivity index (χ3v) is 4.50. The van der Waals surface area contributed by atoms with E-state index in [1.165, 1.54) is 6.42 Å². The highest BCUT2D eigenvalue weighted by Crippen LogP contribution is 2.15. The SMILES string of the molecule is Cl.O=C(c1ccc(Cl)cc1)N1CCN(C2CCNC2)CC1. The minimum Gasteiger partial charge on any atom is -0.336 e. The maximum Gasteiger partial charge on any atom is 0.253 e. The van der Waals surface area contributed by atoms with Crippen molar-refractivity contribution in [2.24, 2.45) is 0 Å². The summed E-state index contributed by atoms with van der Waals surface area (Å²) >= 11 is 5.86. The number of rotatable bonds is 2. The molecule has 1 aromatic rings. The van der Waals surface area contributed by atoms with Gasteiger partial charge in [-0.05, 0) is 37.2 Å². The van der Waals surface area contributed by atoms with E-state index in [4.69, 9.17) is 11.6 Å². The normalized spacial score (nSPS) is 22.9. The van der Waals surface area contributed by atoms with Gasteiger partial charge in [-0.1, -0.05) is 11.6 Å². The predicted molar refractivity (Wildman–Crippen MR) is 87.5 cm³/mol. The van der Waals surface area contributed by atoms with Gasteiger partial charge in [0, 0.05) is 49.4 Å². The minimum atomic E-state index is 0. The van der Waals surface area contributed by atoms with Crippen LogP contribution in [-0.2, 0) is 0 Å². The number of hydrogen-bond donors (Lipinski definition) is 1. The number of carbonyl (C=O) groups is 1. The van der Waals surface area contributed by atoms with Crippen LogP contribution in [0, 0.1) is 0 Å². The van der Waals surface area contributed by atoms with Gasteiger partial charge < -0.3 is 10.2 Å². The molecule has 1 atom stereocenters. The highest BCUT2D eigenvalue weighted by molar-refractivity contribution is 6.30. The first kappa shape index (κ1) is 16.6. The van der Waals surface area contributed by atoms with E-state index >= 15 is 0 Å². The molecule has 2 aliphatic rings. The standard InChI is InChI=1S/C15H20ClN3O.ClH/c16-13-3-1-12(2-4-13)15(20)19-9-7-18(8-10-19)14-5-6-17-11-14;/h1-4,14,17H,5-11H2;1H. The molecule has 1 unspecified atom stereocenters. The van der Waals surface area contributed by atoms with E-state index in [-0.39, 0.29) is 18.3 Å². The first-order valence-electron chi connectivity index (χ1n) is 7.23. The number of nitrogens with one attached hydrogen (secondary N) is 1. The lowest BCUT2D eigenvalue weighted by Crippen LogP contribution is -2.52. The van der Waals surface area contributed by atoms with Crippen molar-refractivity contribution in [2.75, 3.05) is 39.3 Å². The van der Waals surface area contributed by atoms with E-state index in [1.807, 2.05) is 4.90 Å². The molecule has 0 aromatic heterocycles. The molecule has 1 aromatic carbocycles. The van der Waals surface area contributed by atoms with Crippen LogP contribution in [0.1, 0.15) is 16.8 Å². The molecule has 3 rings (SSSR count). The van der Waals surface area contributed by atoms with E-state index in [0.29, 0.717) is 11.1 Å². The number of piperazine rings is 1. The minimum absolute atomic E-state index is 0. The smallest absolute Gasteiger partial charge is 0.253 e. The molecule has 1 N–H and O–H groups in total. The maximum absolute atomic E-state index is 12.4. The summed E-state index contributed by atoms with van der Waals surface area (Å²) in [4.78, 5) is 16.8. The average Bonchev–Trinajstić information content (AvgIpc) is 3.02. The lowest BCUT2D eigenvalue weighted by atomic mass is 10.1. The molecule has 0 spiro atoms. The predicted octanol–water partition coefficient (Wildman–Crippen LogP) is 1.88. The van der Waals surface area contributed by atoms with Crippen LogP contribution in [0.15, 0.2) is 24.3 Å². The van der Waals surface area contributed by atoms with Gasteiger partial charge in [-0.3, -0.25) is 9.69 Å². The van der Waals surface area contributed by atoms with Gasteiger partial charge >= 0.3 is 0 Å². The Morgan fingerprint density at radius 1 is 1.14 bits per heavy atom. The van der Waals surface area contributed by atoms with Crippen LogP contribution < -0.4 is 5.32 Å². The molecule has 2 aliphatic heterocycles. The summed E-state index contributed by atoms with van der Waals surface area (Å²) in [5.74, 6) is 0.117. The lowest BCUT2D eigenvalue weighted by molar-refractivity contribution is 0.0584. The Bertz CT molecular complexity index is 466. The molecule has 0 bridgehead atoms. The molecule has 2 fully saturated rings. The topological polar surface area (TPSA) is 35.6 Å². The maximum atomic E-state index is 12.4. The van der Waals surface area contributed by atoms with E-state index in [9.17, 15) is 4.79 Å². The van der Waals surface area contributed by atoms with Crippen LogP contribution in [0.25, 0.3) is 0 Å². The van der Waals surface area contributed by atoms with Crippen LogP contribution in [0.3, 0.4) is 0 Å². The Morgan fingerprint density at radius 2 is 1.81 bits per heavy atom. The van der Waals surface area contributed by atoms with Crippen molar-refractivity contribution in [2.45, 2.75) is 12.5 Å². The number of hydrogen-bond acceptors (Lipinski definition) is 3. The number of halogens is 2. The van der Waals surface area contributed by atoms with Crippen LogP contribution >= 0.6 is 24.0 Å². The molecular formula is C15H21Cl2N3O. The van der Waals surface area contributed by atoms with E-state index in [1.54, 1.807) is 24.3 Å². The second-order valence-corrected chi connectivity index (χ2v) is 5.92. The van der Waals surface area contributed by atoms with Crippen LogP contribution in [0.2, 0.25) is 5.02 Å². The number of nitrogens with zero attached hydrogens (tertiary/aromatic N) is 2. The van der Waals surface area contributed by atoms with Gasteiger partial charge in [0.25, 0.3) is 5.91 Å². The molecule has 2 saturated heterocycles. The highest BCUT2D eigenvalue weighted by atomic mass is 35.5. The van der Waals surface area contributed by atoms with E-state index in [0.717, 1.165) is 44.8 Å². The zero-order valence-corrected chi connectivity index (χ0v) is 13.5. The molecule has 21 heavy (non-hydrogen) atoms. The summed E-state index contributed by atoms with van der Waals surface area (Å²) in [7, 11) is 0. The zero-order valence-electron chi connectivity index (χ0n) is 11.9. The van der Waals surface area contributed by atoms with E-state index in [2.05, 4.69) is 10.2 Å². The summed E-state index contributed by atoms with van der Waals surface area (Å²) < 4.78 is 0. The molecule has 6 heteroatoms. The van der Waals surface area contributed by atoms with Crippen molar-refractivity contribution in [3.63, 3.8) is 0 Å². The number of amides is 1. The molecule has 0 aliphatic carbocycles. The highest BCUT2D eigenvalue weighted by Gasteiger charge is 2.27. The second kappa shape index (κ2) is 7.45. The first-order chi connectivity index (χ1) is 9.74. The van der Waals surface area contributed by atoms with Crippen molar-refractivity contribution in [3.05, 3.63) is 34.9 Å². The number of benzene rings is 1. The Morgan fingerprint density at radius 3 is 2.38 bits per heavy atom. The Kier molecular flexibility index (Phi) is 5.88. The summed E-state index contributed by atoms with van der Waals surface area (Å²) in [6.07, 6.45) is 1.23. The third-order valence-electron chi connectivity index (χ3n) is 4.24. The van der Waals surface area contributed by atoms with Gasteiger partial charge in [0.15, 0.2) is 0 Å². The van der Waals surface area contributed by atoms with E-state index < -0.39 is 0 Å². The summed E-state index contributed by atoms with van der Waals surface area (Å²) in [6.45, 7) is 5.80. The molecule has 2 heterocycles. The average molecular weight is 330 g/mol. The molecule has 4 nitrogen and oxygen atoms in total. The third kappa shape index (κ3) is 3.89. The van der Waals surface area contributed by atoms with Crippen molar-refractivity contribution < 1.29 is 4.79 Å². The zero-order chi connectivity index (χ0) is 13.9. The van der Waals surface area contributed by atoms with Gasteiger partial charge in [-0.15, -0.1) is 12.4 Å². The van der Waals surface area contributed by atoms with Crippen LogP contribution in [0.5, 0.6) is 0 Å². The van der Waals surface area contributed by atoms with Crippen molar-refractivity contribution >= 4 is 29.9 Å². The fourth-order valence-electron chi connectivity index (χ4n) is 3.02. The Hall–Kier alpha value is -0.810. The van der Waals surface area contributed by atoms with Crippen molar-refractivity contribution in [1.29, 1.82) is 0 Å². The van der Waals surface area contributed by atoms with Gasteiger partial charge in [-0.2, -0.15) is 0 Å². The summed E-state index contributed by atoms with van der Waals surface area (Å²) in [5, 5.41) is 4.07. The van der Waals surface area contributed by atoms with Crippen LogP contribution in [-0.4, -0.2) is 61.0 Å². The Balaban J connectivity index is 0.00000161. The summed E-state index contributed by atoms with van der Waals surface area (Å²) in [6, 6.07) is 7.81. The molecular weight excluding hydrogens is 309 g/mol. The van der Waals surface area contributed by atoms with Gasteiger partial charge in [0.2, 0.25) is 0 Å². The molecule has 116 valence electrons. The van der Waals surface area contributed by atoms with Crippen molar-refractivity contribution in [3.8, 4) is 0 Å². The quantitative estimate of drug-likeness (QED) is 0.899. The molecule has 0 radical (unpaired) electrons. The van der Waals surface area contributed by atoms with Gasteiger partial charge in [-0.25, -0.2) is 0 Å². The Labute approximate surface area is 136 Å². The molecule has 1 amide bonds. The number of carbonyl (C=O) groups excluding carboxylic acids is 1. The largest absolute Gasteiger partial charge is 0.336 e. The van der Waals surface area contributed by atoms with Crippen LogP contribution in [0.4, 0.5) is 0 Å². The second-order valence-electron chi connectivity index (χ2n) is 5.48. The fraction of sp³-hybridized carbons (Fsp3) is 0.533.